The van der Waals surface area contributed by atoms with Gasteiger partial charge in [0.25, 0.3) is 0 Å². The minimum Gasteiger partial charge on any atom is -0.456 e. The number of rotatable bonds is 5. The Bertz CT molecular complexity index is 3570. The van der Waals surface area contributed by atoms with Crippen molar-refractivity contribution in [1.29, 1.82) is 0 Å². The lowest BCUT2D eigenvalue weighted by Crippen LogP contribution is -2.33. The van der Waals surface area contributed by atoms with Gasteiger partial charge in [-0.3, -0.25) is 0 Å². The number of hydrogen-bond donors (Lipinski definition) is 0. The van der Waals surface area contributed by atoms with E-state index in [4.69, 9.17) is 19.4 Å². The average Bonchev–Trinajstić information content (AvgIpc) is 3.86. The topological polar surface area (TPSA) is 56.7 Å². The molecule has 8 aromatic carbocycles. The van der Waals surface area contributed by atoms with E-state index in [1.54, 1.807) is 0 Å². The first-order valence-corrected chi connectivity index (χ1v) is 21.6. The SMILES string of the molecule is CC1(C)CCC(C)(C)c2cc3c(cc21)c1ccc2ccccc2c1n3-c1cccc(-c2nc(-c3ccc(-c4ccccc4)cc3)nc(-c3cccc4oc5ccccc5c34)n2)c1. The zero-order chi connectivity index (χ0) is 41.7. The molecule has 0 unspecified atom stereocenters. The van der Waals surface area contributed by atoms with Crippen molar-refractivity contribution in [3.8, 4) is 51.0 Å². The first-order chi connectivity index (χ1) is 30.2. The van der Waals surface area contributed by atoms with Gasteiger partial charge in [-0.15, -0.1) is 0 Å². The van der Waals surface area contributed by atoms with Crippen LogP contribution in [0.5, 0.6) is 0 Å². The van der Waals surface area contributed by atoms with E-state index in [0.717, 1.165) is 61.9 Å². The Balaban J connectivity index is 1.09. The minimum absolute atomic E-state index is 0.0599. The van der Waals surface area contributed by atoms with E-state index in [2.05, 4.69) is 166 Å². The van der Waals surface area contributed by atoms with Crippen LogP contribution in [0, 0.1) is 0 Å². The van der Waals surface area contributed by atoms with Gasteiger partial charge in [0.15, 0.2) is 17.5 Å². The van der Waals surface area contributed by atoms with Crippen molar-refractivity contribution in [2.24, 2.45) is 0 Å². The van der Waals surface area contributed by atoms with Crippen LogP contribution in [0.2, 0.25) is 0 Å². The van der Waals surface area contributed by atoms with Gasteiger partial charge >= 0.3 is 0 Å². The largest absolute Gasteiger partial charge is 0.456 e. The Hall–Kier alpha value is -7.37. The van der Waals surface area contributed by atoms with E-state index in [1.807, 2.05) is 36.4 Å². The Labute approximate surface area is 360 Å². The third kappa shape index (κ3) is 5.72. The second-order valence-electron chi connectivity index (χ2n) is 18.3. The molecule has 0 N–H and O–H groups in total. The summed E-state index contributed by atoms with van der Waals surface area (Å²) in [7, 11) is 0. The highest BCUT2D eigenvalue weighted by molar-refractivity contribution is 6.19. The molecule has 5 nitrogen and oxygen atoms in total. The van der Waals surface area contributed by atoms with Crippen molar-refractivity contribution in [2.45, 2.75) is 51.4 Å². The average molecular weight is 801 g/mol. The van der Waals surface area contributed by atoms with Crippen molar-refractivity contribution in [3.05, 3.63) is 181 Å². The Morgan fingerprint density at radius 3 is 1.87 bits per heavy atom. The second-order valence-corrected chi connectivity index (χ2v) is 18.3. The van der Waals surface area contributed by atoms with Crippen LogP contribution in [0.1, 0.15) is 51.7 Å². The maximum atomic E-state index is 6.34. The molecular formula is C57H44N4O. The number of fused-ring (bicyclic) bond motifs is 9. The van der Waals surface area contributed by atoms with Crippen molar-refractivity contribution in [2.75, 3.05) is 0 Å². The van der Waals surface area contributed by atoms with Gasteiger partial charge in [-0.25, -0.2) is 15.0 Å². The lowest BCUT2D eigenvalue weighted by Gasteiger charge is -2.42. The maximum absolute atomic E-state index is 6.34. The summed E-state index contributed by atoms with van der Waals surface area (Å²) in [6.07, 6.45) is 2.32. The molecule has 3 heterocycles. The Morgan fingerprint density at radius 1 is 0.452 bits per heavy atom. The molecule has 0 fully saturated rings. The zero-order valence-corrected chi connectivity index (χ0v) is 35.3. The summed E-state index contributed by atoms with van der Waals surface area (Å²) in [5.74, 6) is 1.81. The van der Waals surface area contributed by atoms with Gasteiger partial charge < -0.3 is 8.98 Å². The highest BCUT2D eigenvalue weighted by Gasteiger charge is 2.38. The number of benzene rings is 8. The smallest absolute Gasteiger partial charge is 0.164 e. The van der Waals surface area contributed by atoms with Crippen LogP contribution in [0.4, 0.5) is 0 Å². The molecule has 3 aromatic heterocycles. The number of nitrogens with zero attached hydrogens (tertiary/aromatic N) is 4. The molecule has 0 radical (unpaired) electrons. The summed E-state index contributed by atoms with van der Waals surface area (Å²) >= 11 is 0. The van der Waals surface area contributed by atoms with Crippen LogP contribution in [-0.4, -0.2) is 19.5 Å². The number of furan rings is 1. The minimum atomic E-state index is 0.0599. The summed E-state index contributed by atoms with van der Waals surface area (Å²) in [5.41, 5.74) is 13.2. The highest BCUT2D eigenvalue weighted by atomic mass is 16.3. The molecule has 12 rings (SSSR count). The van der Waals surface area contributed by atoms with E-state index in [9.17, 15) is 0 Å². The number of hydrogen-bond acceptors (Lipinski definition) is 4. The molecule has 1 aliphatic carbocycles. The van der Waals surface area contributed by atoms with E-state index in [0.29, 0.717) is 17.5 Å². The Kier molecular flexibility index (Phi) is 7.98. The molecule has 0 spiro atoms. The highest BCUT2D eigenvalue weighted by Crippen LogP contribution is 2.49. The van der Waals surface area contributed by atoms with E-state index in [-0.39, 0.29) is 10.8 Å². The first kappa shape index (κ1) is 36.5. The predicted octanol–water partition coefficient (Wildman–Crippen LogP) is 15.0. The monoisotopic (exact) mass is 800 g/mol. The van der Waals surface area contributed by atoms with Gasteiger partial charge in [-0.2, -0.15) is 0 Å². The van der Waals surface area contributed by atoms with E-state index < -0.39 is 0 Å². The molecule has 0 saturated heterocycles. The van der Waals surface area contributed by atoms with Crippen LogP contribution >= 0.6 is 0 Å². The van der Waals surface area contributed by atoms with Crippen molar-refractivity contribution < 1.29 is 4.42 Å². The summed E-state index contributed by atoms with van der Waals surface area (Å²) in [6.45, 7) is 9.65. The standard InChI is InChI=1S/C57H44N4O/c1-56(2)30-31-57(3,4)47-34-48-45(33-46(47)56)42-29-28-37-16-8-9-19-41(37)52(42)61(48)40-18-12-17-39(32-40)54-58-53(38-26-24-36(25-27-38)35-14-6-5-7-15-35)59-55(60-54)44-21-13-23-50-51(44)43-20-10-11-22-49(43)62-50/h5-29,32-34H,30-31H2,1-4H3. The van der Waals surface area contributed by atoms with Gasteiger partial charge in [0.05, 0.1) is 11.0 Å². The fourth-order valence-corrected chi connectivity index (χ4v) is 10.0. The van der Waals surface area contributed by atoms with Crippen molar-refractivity contribution in [1.82, 2.24) is 19.5 Å². The molecular weight excluding hydrogens is 757 g/mol. The predicted molar refractivity (Wildman–Crippen MR) is 256 cm³/mol. The third-order valence-electron chi connectivity index (χ3n) is 13.5. The summed E-state index contributed by atoms with van der Waals surface area (Å²) in [6, 6.07) is 60.4. The molecule has 298 valence electrons. The maximum Gasteiger partial charge on any atom is 0.164 e. The lowest BCUT2D eigenvalue weighted by molar-refractivity contribution is 0.332. The molecule has 11 aromatic rings. The fourth-order valence-electron chi connectivity index (χ4n) is 10.0. The van der Waals surface area contributed by atoms with Crippen LogP contribution in [0.3, 0.4) is 0 Å². The molecule has 0 bridgehead atoms. The van der Waals surface area contributed by atoms with Crippen LogP contribution in [0.25, 0.3) is 105 Å². The molecule has 5 heteroatoms. The molecule has 0 atom stereocenters. The van der Waals surface area contributed by atoms with Crippen molar-refractivity contribution >= 4 is 54.5 Å². The molecule has 0 saturated carbocycles. The quantitative estimate of drug-likeness (QED) is 0.174. The Morgan fingerprint density at radius 2 is 1.06 bits per heavy atom. The van der Waals surface area contributed by atoms with Crippen molar-refractivity contribution in [3.63, 3.8) is 0 Å². The molecule has 0 aliphatic heterocycles. The lowest BCUT2D eigenvalue weighted by atomic mass is 9.63. The van der Waals surface area contributed by atoms with Gasteiger partial charge in [-0.1, -0.05) is 161 Å². The fraction of sp³-hybridized carbons (Fsp3) is 0.140. The van der Waals surface area contributed by atoms with Gasteiger partial charge in [0, 0.05) is 49.3 Å². The summed E-state index contributed by atoms with van der Waals surface area (Å²) in [4.78, 5) is 15.8. The van der Waals surface area contributed by atoms with Gasteiger partial charge in [-0.05, 0) is 87.7 Å². The summed E-state index contributed by atoms with van der Waals surface area (Å²) < 4.78 is 8.83. The molecule has 62 heavy (non-hydrogen) atoms. The number of aromatic nitrogens is 4. The number of para-hydroxylation sites is 1. The van der Waals surface area contributed by atoms with E-state index >= 15 is 0 Å². The van der Waals surface area contributed by atoms with E-state index in [1.165, 1.54) is 50.1 Å². The normalized spacial score (nSPS) is 14.6. The zero-order valence-electron chi connectivity index (χ0n) is 35.3. The van der Waals surface area contributed by atoms with Crippen LogP contribution < -0.4 is 0 Å². The second kappa shape index (κ2) is 13.6. The molecule has 0 amide bonds. The molecule has 1 aliphatic rings. The first-order valence-electron chi connectivity index (χ1n) is 21.6. The van der Waals surface area contributed by atoms with Gasteiger partial charge in [0.2, 0.25) is 0 Å². The third-order valence-corrected chi connectivity index (χ3v) is 13.5. The van der Waals surface area contributed by atoms with Gasteiger partial charge in [0.1, 0.15) is 11.2 Å². The summed E-state index contributed by atoms with van der Waals surface area (Å²) in [5, 5.41) is 7.01. The van der Waals surface area contributed by atoms with Crippen LogP contribution in [0.15, 0.2) is 174 Å². The van der Waals surface area contributed by atoms with Crippen LogP contribution in [-0.2, 0) is 10.8 Å².